The van der Waals surface area contributed by atoms with Crippen LogP contribution in [-0.2, 0) is 6.54 Å². The quantitative estimate of drug-likeness (QED) is 0.901. The Morgan fingerprint density at radius 1 is 1.38 bits per heavy atom. The van der Waals surface area contributed by atoms with Crippen LogP contribution < -0.4 is 10.9 Å². The number of pyridine rings is 1. The fraction of sp³-hybridized carbons (Fsp3) is 0.583. The van der Waals surface area contributed by atoms with Gasteiger partial charge in [0, 0.05) is 29.3 Å². The molecule has 0 aliphatic carbocycles. The van der Waals surface area contributed by atoms with Gasteiger partial charge < -0.3 is 9.88 Å². The van der Waals surface area contributed by atoms with E-state index < -0.39 is 0 Å². The van der Waals surface area contributed by atoms with Crippen molar-refractivity contribution in [3.8, 4) is 0 Å². The van der Waals surface area contributed by atoms with Crippen molar-refractivity contribution in [2.45, 2.75) is 33.4 Å². The SMILES string of the molecule is CC(CNC(C)C)Cn1cc(Br)ccc1=O. The second-order valence-corrected chi connectivity index (χ2v) is 5.42. The molecule has 1 aromatic rings. The molecule has 1 atom stereocenters. The number of aromatic nitrogens is 1. The van der Waals surface area contributed by atoms with Crippen molar-refractivity contribution in [1.29, 1.82) is 0 Å². The van der Waals surface area contributed by atoms with E-state index in [0.29, 0.717) is 12.0 Å². The summed E-state index contributed by atoms with van der Waals surface area (Å²) in [6.07, 6.45) is 1.84. The Kier molecular flexibility index (Phi) is 5.22. The second kappa shape index (κ2) is 6.21. The van der Waals surface area contributed by atoms with Crippen LogP contribution in [0.1, 0.15) is 20.8 Å². The van der Waals surface area contributed by atoms with E-state index in [9.17, 15) is 4.79 Å². The first-order valence-electron chi connectivity index (χ1n) is 5.58. The molecule has 0 amide bonds. The normalized spacial score (nSPS) is 13.1. The predicted octanol–water partition coefficient (Wildman–Crippen LogP) is 2.24. The molecule has 0 aliphatic rings. The van der Waals surface area contributed by atoms with E-state index in [1.165, 1.54) is 0 Å². The van der Waals surface area contributed by atoms with Gasteiger partial charge in [0.05, 0.1) is 0 Å². The number of rotatable bonds is 5. The van der Waals surface area contributed by atoms with E-state index in [1.54, 1.807) is 16.7 Å². The molecule has 1 aromatic heterocycles. The molecule has 1 unspecified atom stereocenters. The van der Waals surface area contributed by atoms with Crippen LogP contribution in [0.15, 0.2) is 27.6 Å². The van der Waals surface area contributed by atoms with Gasteiger partial charge in [0.1, 0.15) is 0 Å². The Morgan fingerprint density at radius 3 is 2.69 bits per heavy atom. The molecular weight excluding hydrogens is 268 g/mol. The highest BCUT2D eigenvalue weighted by atomic mass is 79.9. The van der Waals surface area contributed by atoms with Crippen LogP contribution in [0.25, 0.3) is 0 Å². The van der Waals surface area contributed by atoms with Gasteiger partial charge in [-0.1, -0.05) is 20.8 Å². The largest absolute Gasteiger partial charge is 0.314 e. The van der Waals surface area contributed by atoms with Crippen molar-refractivity contribution in [2.24, 2.45) is 5.92 Å². The van der Waals surface area contributed by atoms with Crippen LogP contribution in [0.3, 0.4) is 0 Å². The first kappa shape index (κ1) is 13.5. The second-order valence-electron chi connectivity index (χ2n) is 4.51. The van der Waals surface area contributed by atoms with Crippen molar-refractivity contribution in [3.05, 3.63) is 33.2 Å². The highest BCUT2D eigenvalue weighted by Gasteiger charge is 2.05. The number of hydrogen-bond donors (Lipinski definition) is 1. The Labute approximate surface area is 105 Å². The first-order valence-corrected chi connectivity index (χ1v) is 6.37. The Balaban J connectivity index is 2.58. The summed E-state index contributed by atoms with van der Waals surface area (Å²) in [6, 6.07) is 3.85. The molecule has 1 rings (SSSR count). The van der Waals surface area contributed by atoms with Crippen LogP contribution >= 0.6 is 15.9 Å². The summed E-state index contributed by atoms with van der Waals surface area (Å²) >= 11 is 3.37. The number of halogens is 1. The van der Waals surface area contributed by atoms with Gasteiger partial charge in [-0.15, -0.1) is 0 Å². The molecule has 0 saturated carbocycles. The van der Waals surface area contributed by atoms with Gasteiger partial charge in [0.2, 0.25) is 0 Å². The van der Waals surface area contributed by atoms with Gasteiger partial charge in [-0.25, -0.2) is 0 Å². The molecule has 1 heterocycles. The maximum Gasteiger partial charge on any atom is 0.250 e. The first-order chi connectivity index (χ1) is 7.49. The Hall–Kier alpha value is -0.610. The van der Waals surface area contributed by atoms with Crippen molar-refractivity contribution >= 4 is 15.9 Å². The molecule has 0 radical (unpaired) electrons. The van der Waals surface area contributed by atoms with Gasteiger partial charge >= 0.3 is 0 Å². The zero-order valence-electron chi connectivity index (χ0n) is 10.0. The third kappa shape index (κ3) is 4.49. The molecule has 3 nitrogen and oxygen atoms in total. The van der Waals surface area contributed by atoms with Crippen molar-refractivity contribution < 1.29 is 0 Å². The molecular formula is C12H19BrN2O. The molecule has 4 heteroatoms. The highest BCUT2D eigenvalue weighted by Crippen LogP contribution is 2.06. The third-order valence-electron chi connectivity index (χ3n) is 2.33. The van der Waals surface area contributed by atoms with Gasteiger partial charge in [-0.2, -0.15) is 0 Å². The Bertz CT molecular complexity index is 387. The summed E-state index contributed by atoms with van der Waals surface area (Å²) in [5.74, 6) is 0.439. The summed E-state index contributed by atoms with van der Waals surface area (Å²) in [6.45, 7) is 8.06. The lowest BCUT2D eigenvalue weighted by Crippen LogP contribution is -2.31. The predicted molar refractivity (Wildman–Crippen MR) is 70.7 cm³/mol. The van der Waals surface area contributed by atoms with E-state index in [1.807, 2.05) is 6.20 Å². The minimum Gasteiger partial charge on any atom is -0.314 e. The van der Waals surface area contributed by atoms with Gasteiger partial charge in [-0.05, 0) is 34.5 Å². The van der Waals surface area contributed by atoms with Crippen LogP contribution in [0.4, 0.5) is 0 Å². The van der Waals surface area contributed by atoms with Crippen LogP contribution in [0, 0.1) is 5.92 Å². The molecule has 0 fully saturated rings. The Morgan fingerprint density at radius 2 is 2.06 bits per heavy atom. The molecule has 0 aromatic carbocycles. The number of hydrogen-bond acceptors (Lipinski definition) is 2. The van der Waals surface area contributed by atoms with Gasteiger partial charge in [0.15, 0.2) is 0 Å². The zero-order valence-corrected chi connectivity index (χ0v) is 11.6. The lowest BCUT2D eigenvalue weighted by molar-refractivity contribution is 0.420. The number of nitrogens with one attached hydrogen (secondary N) is 1. The maximum absolute atomic E-state index is 11.6. The van der Waals surface area contributed by atoms with E-state index >= 15 is 0 Å². The molecule has 0 spiro atoms. The molecule has 0 saturated heterocycles. The van der Waals surface area contributed by atoms with E-state index in [2.05, 4.69) is 42.0 Å². The molecule has 0 bridgehead atoms. The minimum atomic E-state index is 0.0552. The van der Waals surface area contributed by atoms with E-state index in [-0.39, 0.29) is 5.56 Å². The topological polar surface area (TPSA) is 34.0 Å². The van der Waals surface area contributed by atoms with Gasteiger partial charge in [-0.3, -0.25) is 4.79 Å². The lowest BCUT2D eigenvalue weighted by atomic mass is 10.1. The molecule has 16 heavy (non-hydrogen) atoms. The van der Waals surface area contributed by atoms with Crippen molar-refractivity contribution in [2.75, 3.05) is 6.54 Å². The standard InChI is InChI=1S/C12H19BrN2O/c1-9(2)14-6-10(3)7-15-8-11(13)4-5-12(15)16/h4-5,8-10,14H,6-7H2,1-3H3. The molecule has 1 N–H and O–H groups in total. The fourth-order valence-corrected chi connectivity index (χ4v) is 1.86. The summed E-state index contributed by atoms with van der Waals surface area (Å²) < 4.78 is 2.69. The summed E-state index contributed by atoms with van der Waals surface area (Å²) in [5, 5.41) is 3.37. The maximum atomic E-state index is 11.6. The lowest BCUT2D eigenvalue weighted by Gasteiger charge is -2.16. The molecule has 90 valence electrons. The monoisotopic (exact) mass is 286 g/mol. The summed E-state index contributed by atoms with van der Waals surface area (Å²) in [4.78, 5) is 11.6. The van der Waals surface area contributed by atoms with Crippen LogP contribution in [0.2, 0.25) is 0 Å². The van der Waals surface area contributed by atoms with Crippen LogP contribution in [-0.4, -0.2) is 17.2 Å². The number of nitrogens with zero attached hydrogens (tertiary/aromatic N) is 1. The van der Waals surface area contributed by atoms with Gasteiger partial charge in [0.25, 0.3) is 5.56 Å². The third-order valence-corrected chi connectivity index (χ3v) is 2.80. The van der Waals surface area contributed by atoms with Crippen molar-refractivity contribution in [1.82, 2.24) is 9.88 Å². The summed E-state index contributed by atoms with van der Waals surface area (Å²) in [7, 11) is 0. The average Bonchev–Trinajstić information content (AvgIpc) is 2.20. The van der Waals surface area contributed by atoms with E-state index in [0.717, 1.165) is 17.6 Å². The van der Waals surface area contributed by atoms with E-state index in [4.69, 9.17) is 0 Å². The summed E-state index contributed by atoms with van der Waals surface area (Å²) in [5.41, 5.74) is 0.0552. The smallest absolute Gasteiger partial charge is 0.250 e. The highest BCUT2D eigenvalue weighted by molar-refractivity contribution is 9.10. The average molecular weight is 287 g/mol. The minimum absolute atomic E-state index is 0.0552. The van der Waals surface area contributed by atoms with Crippen molar-refractivity contribution in [3.63, 3.8) is 0 Å². The fourth-order valence-electron chi connectivity index (χ4n) is 1.48. The van der Waals surface area contributed by atoms with Crippen LogP contribution in [0.5, 0.6) is 0 Å². The zero-order chi connectivity index (χ0) is 12.1. The molecule has 0 aliphatic heterocycles.